The van der Waals surface area contributed by atoms with E-state index in [1.807, 2.05) is 41.1 Å². The number of anilines is 2. The topological polar surface area (TPSA) is 52.6 Å². The third-order valence-corrected chi connectivity index (χ3v) is 6.64. The summed E-state index contributed by atoms with van der Waals surface area (Å²) >= 11 is 7.27. The number of piperazine rings is 1. The lowest BCUT2D eigenvalue weighted by Gasteiger charge is -2.37. The van der Waals surface area contributed by atoms with E-state index in [1.165, 1.54) is 22.8 Å². The van der Waals surface area contributed by atoms with Crippen molar-refractivity contribution >= 4 is 39.9 Å². The van der Waals surface area contributed by atoms with Crippen molar-refractivity contribution in [2.24, 2.45) is 0 Å². The van der Waals surface area contributed by atoms with Crippen molar-refractivity contribution in [2.45, 2.75) is 13.3 Å². The summed E-state index contributed by atoms with van der Waals surface area (Å²) in [6.45, 7) is 5.61. The maximum absolute atomic E-state index is 12.8. The summed E-state index contributed by atoms with van der Waals surface area (Å²) in [5.41, 5.74) is 3.64. The Bertz CT molecular complexity index is 1030. The number of carbonyl (C=O) groups is 1. The number of hydrogen-bond acceptors (Lipinski definition) is 6. The van der Waals surface area contributed by atoms with Gasteiger partial charge in [-0.3, -0.25) is 4.79 Å². The number of nitrogens with zero attached hydrogens (tertiary/aromatic N) is 5. The van der Waals surface area contributed by atoms with Crippen molar-refractivity contribution in [2.75, 3.05) is 49.6 Å². The normalized spacial score (nSPS) is 14.0. The van der Waals surface area contributed by atoms with Crippen LogP contribution in [-0.4, -0.2) is 59.9 Å². The van der Waals surface area contributed by atoms with Crippen LogP contribution < -0.4 is 9.80 Å². The lowest BCUT2D eigenvalue weighted by atomic mass is 10.1. The van der Waals surface area contributed by atoms with Crippen molar-refractivity contribution in [3.8, 4) is 0 Å². The summed E-state index contributed by atoms with van der Waals surface area (Å²) in [6, 6.07) is 16.1. The molecule has 1 fully saturated rings. The van der Waals surface area contributed by atoms with E-state index in [4.69, 9.17) is 11.6 Å². The molecule has 0 radical (unpaired) electrons. The van der Waals surface area contributed by atoms with Crippen LogP contribution in [0.1, 0.15) is 17.0 Å². The van der Waals surface area contributed by atoms with Crippen LogP contribution in [0, 0.1) is 6.92 Å². The summed E-state index contributed by atoms with van der Waals surface area (Å²) in [6.07, 6.45) is 0.649. The lowest BCUT2D eigenvalue weighted by Crippen LogP contribution is -2.51. The fourth-order valence-electron chi connectivity index (χ4n) is 3.74. The van der Waals surface area contributed by atoms with Crippen LogP contribution in [0.25, 0.3) is 0 Å². The Morgan fingerprint density at radius 3 is 2.52 bits per heavy atom. The molecule has 0 spiro atoms. The molecule has 2 aromatic carbocycles. The fourth-order valence-corrected chi connectivity index (χ4v) is 4.51. The minimum Gasteiger partial charge on any atom is -0.368 e. The van der Waals surface area contributed by atoms with Gasteiger partial charge < -0.3 is 14.7 Å². The second-order valence-electron chi connectivity index (χ2n) is 7.81. The molecule has 0 saturated carbocycles. The second-order valence-corrected chi connectivity index (χ2v) is 8.97. The zero-order valence-electron chi connectivity index (χ0n) is 17.8. The number of halogens is 1. The van der Waals surface area contributed by atoms with E-state index in [0.717, 1.165) is 42.7 Å². The van der Waals surface area contributed by atoms with Crippen molar-refractivity contribution in [1.29, 1.82) is 0 Å². The first-order valence-corrected chi connectivity index (χ1v) is 11.5. The number of benzene rings is 2. The quantitative estimate of drug-likeness (QED) is 0.564. The van der Waals surface area contributed by atoms with E-state index < -0.39 is 0 Å². The van der Waals surface area contributed by atoms with E-state index in [2.05, 4.69) is 45.4 Å². The zero-order valence-corrected chi connectivity index (χ0v) is 19.4. The SMILES string of the molecule is Cc1ccccc1N1CCN(C(=O)CN(C)c2nc(Cc3ccc(Cl)cc3)ns2)CC1. The highest BCUT2D eigenvalue weighted by molar-refractivity contribution is 7.09. The maximum Gasteiger partial charge on any atom is 0.242 e. The molecule has 162 valence electrons. The highest BCUT2D eigenvalue weighted by Gasteiger charge is 2.23. The fraction of sp³-hybridized carbons (Fsp3) is 0.348. The van der Waals surface area contributed by atoms with Crippen molar-refractivity contribution in [3.63, 3.8) is 0 Å². The Hall–Kier alpha value is -2.64. The molecule has 1 amide bonds. The van der Waals surface area contributed by atoms with Crippen LogP contribution in [0.2, 0.25) is 5.02 Å². The van der Waals surface area contributed by atoms with E-state index in [9.17, 15) is 4.79 Å². The molecule has 0 atom stereocenters. The molecular formula is C23H26ClN5OS. The minimum atomic E-state index is 0.126. The highest BCUT2D eigenvalue weighted by atomic mass is 35.5. The van der Waals surface area contributed by atoms with Gasteiger partial charge in [-0.05, 0) is 36.2 Å². The van der Waals surface area contributed by atoms with E-state index in [0.29, 0.717) is 18.0 Å². The number of hydrogen-bond donors (Lipinski definition) is 0. The first-order chi connectivity index (χ1) is 15.0. The van der Waals surface area contributed by atoms with Gasteiger partial charge in [0.05, 0.1) is 6.54 Å². The largest absolute Gasteiger partial charge is 0.368 e. The number of aromatic nitrogens is 2. The number of amides is 1. The van der Waals surface area contributed by atoms with E-state index in [-0.39, 0.29) is 5.91 Å². The molecule has 6 nitrogen and oxygen atoms in total. The Morgan fingerprint density at radius 1 is 1.10 bits per heavy atom. The van der Waals surface area contributed by atoms with Gasteiger partial charge in [-0.2, -0.15) is 4.37 Å². The van der Waals surface area contributed by atoms with Gasteiger partial charge in [0.1, 0.15) is 5.82 Å². The molecule has 8 heteroatoms. The molecule has 0 N–H and O–H groups in total. The van der Waals surface area contributed by atoms with Crippen LogP contribution in [0.5, 0.6) is 0 Å². The molecule has 0 unspecified atom stereocenters. The molecule has 31 heavy (non-hydrogen) atoms. The summed E-state index contributed by atoms with van der Waals surface area (Å²) in [7, 11) is 1.90. The van der Waals surface area contributed by atoms with Crippen molar-refractivity contribution in [3.05, 3.63) is 70.5 Å². The molecule has 1 saturated heterocycles. The Balaban J connectivity index is 1.29. The average molecular weight is 456 g/mol. The predicted molar refractivity (Wildman–Crippen MR) is 127 cm³/mol. The molecule has 1 aliphatic rings. The van der Waals surface area contributed by atoms with Crippen LogP contribution in [0.4, 0.5) is 10.8 Å². The van der Waals surface area contributed by atoms with Crippen molar-refractivity contribution in [1.82, 2.24) is 14.3 Å². The number of para-hydroxylation sites is 1. The Morgan fingerprint density at radius 2 is 1.81 bits per heavy atom. The van der Waals surface area contributed by atoms with Crippen LogP contribution in [0.15, 0.2) is 48.5 Å². The first kappa shape index (κ1) is 21.6. The number of rotatable bonds is 6. The smallest absolute Gasteiger partial charge is 0.242 e. The lowest BCUT2D eigenvalue weighted by molar-refractivity contribution is -0.129. The molecule has 1 aromatic heterocycles. The van der Waals surface area contributed by atoms with Crippen LogP contribution in [-0.2, 0) is 11.2 Å². The molecule has 0 aliphatic carbocycles. The average Bonchev–Trinajstić information content (AvgIpc) is 3.24. The van der Waals surface area contributed by atoms with Crippen LogP contribution in [0.3, 0.4) is 0 Å². The summed E-state index contributed by atoms with van der Waals surface area (Å²) < 4.78 is 4.45. The van der Waals surface area contributed by atoms with Gasteiger partial charge in [0, 0.05) is 61.9 Å². The molecule has 0 bridgehead atoms. The van der Waals surface area contributed by atoms with E-state index in [1.54, 1.807) is 0 Å². The van der Waals surface area contributed by atoms with Gasteiger partial charge in [-0.15, -0.1) is 0 Å². The van der Waals surface area contributed by atoms with Crippen molar-refractivity contribution < 1.29 is 4.79 Å². The van der Waals surface area contributed by atoms with Crippen LogP contribution >= 0.6 is 23.1 Å². The third-order valence-electron chi connectivity index (χ3n) is 5.52. The summed E-state index contributed by atoms with van der Waals surface area (Å²) in [5, 5.41) is 1.48. The predicted octanol–water partition coefficient (Wildman–Crippen LogP) is 3.88. The molecule has 1 aliphatic heterocycles. The molecule has 4 rings (SSSR count). The number of carbonyl (C=O) groups excluding carboxylic acids is 1. The minimum absolute atomic E-state index is 0.126. The summed E-state index contributed by atoms with van der Waals surface area (Å²) in [5.74, 6) is 0.884. The molecule has 3 aromatic rings. The number of likely N-dealkylation sites (N-methyl/N-ethyl adjacent to an activating group) is 1. The van der Waals surface area contributed by atoms with Gasteiger partial charge in [-0.25, -0.2) is 4.98 Å². The maximum atomic E-state index is 12.8. The standard InChI is InChI=1S/C23H26ClN5OS/c1-17-5-3-4-6-20(17)28-11-13-29(14-12-28)22(30)16-27(2)23-25-21(26-31-23)15-18-7-9-19(24)10-8-18/h3-10H,11-16H2,1-2H3. The molecular weight excluding hydrogens is 430 g/mol. The number of aryl methyl sites for hydroxylation is 1. The van der Waals surface area contributed by atoms with Gasteiger partial charge >= 0.3 is 0 Å². The Kier molecular flexibility index (Phi) is 6.73. The zero-order chi connectivity index (χ0) is 21.8. The first-order valence-electron chi connectivity index (χ1n) is 10.4. The monoisotopic (exact) mass is 455 g/mol. The van der Waals surface area contributed by atoms with Gasteiger partial charge in [0.25, 0.3) is 0 Å². The second kappa shape index (κ2) is 9.66. The van der Waals surface area contributed by atoms with E-state index >= 15 is 0 Å². The molecule has 2 heterocycles. The van der Waals surface area contributed by atoms with Gasteiger partial charge in [0.15, 0.2) is 0 Å². The van der Waals surface area contributed by atoms with Gasteiger partial charge in [-0.1, -0.05) is 41.9 Å². The third kappa shape index (κ3) is 5.35. The Labute approximate surface area is 192 Å². The van der Waals surface area contributed by atoms with Gasteiger partial charge in [0.2, 0.25) is 11.0 Å². The summed E-state index contributed by atoms with van der Waals surface area (Å²) in [4.78, 5) is 23.6. The highest BCUT2D eigenvalue weighted by Crippen LogP contribution is 2.22.